The number of nitrogens with zero attached hydrogens (tertiary/aromatic N) is 5. The highest BCUT2D eigenvalue weighted by Crippen LogP contribution is 2.38. The van der Waals surface area contributed by atoms with Crippen LogP contribution in [-0.2, 0) is 6.42 Å². The summed E-state index contributed by atoms with van der Waals surface area (Å²) in [5, 5.41) is 16.4. The van der Waals surface area contributed by atoms with Crippen LogP contribution in [0.2, 0.25) is 0 Å². The fourth-order valence-corrected chi connectivity index (χ4v) is 5.31. The quantitative estimate of drug-likeness (QED) is 0.453. The summed E-state index contributed by atoms with van der Waals surface area (Å²) in [4.78, 5) is 5.89. The van der Waals surface area contributed by atoms with Crippen LogP contribution in [0.15, 0.2) is 27.2 Å². The van der Waals surface area contributed by atoms with Gasteiger partial charge in [0.2, 0.25) is 5.89 Å². The lowest BCUT2D eigenvalue weighted by atomic mass is 9.95. The van der Waals surface area contributed by atoms with Crippen LogP contribution in [0, 0.1) is 0 Å². The molecule has 1 aliphatic carbocycles. The van der Waals surface area contributed by atoms with Crippen LogP contribution < -0.4 is 0 Å². The monoisotopic (exact) mass is 417 g/mol. The molecule has 0 bridgehead atoms. The predicted molar refractivity (Wildman–Crippen MR) is 112 cm³/mol. The van der Waals surface area contributed by atoms with Gasteiger partial charge in [-0.1, -0.05) is 56.1 Å². The number of hydrogen-bond donors (Lipinski definition) is 0. The van der Waals surface area contributed by atoms with Gasteiger partial charge in [-0.15, -0.1) is 21.5 Å². The molecule has 1 unspecified atom stereocenters. The molecule has 0 amide bonds. The second-order valence-electron chi connectivity index (χ2n) is 7.72. The van der Waals surface area contributed by atoms with Crippen LogP contribution in [0.25, 0.3) is 0 Å². The molecule has 1 saturated carbocycles. The zero-order chi connectivity index (χ0) is 19.5. The van der Waals surface area contributed by atoms with Gasteiger partial charge in [0.15, 0.2) is 11.0 Å². The number of hydrogen-bond acceptors (Lipinski definition) is 7. The first-order valence-corrected chi connectivity index (χ1v) is 11.8. The molecule has 0 aromatic carbocycles. The van der Waals surface area contributed by atoms with Crippen LogP contribution in [0.5, 0.6) is 0 Å². The van der Waals surface area contributed by atoms with Gasteiger partial charge >= 0.3 is 0 Å². The topological polar surface area (TPSA) is 69.6 Å². The number of thioether (sulfide) groups is 1. The van der Waals surface area contributed by atoms with Crippen LogP contribution in [0.1, 0.15) is 92.5 Å². The zero-order valence-corrected chi connectivity index (χ0v) is 18.3. The van der Waals surface area contributed by atoms with Crippen molar-refractivity contribution in [1.82, 2.24) is 24.9 Å². The van der Waals surface area contributed by atoms with Crippen molar-refractivity contribution in [3.05, 3.63) is 39.9 Å². The van der Waals surface area contributed by atoms with Crippen LogP contribution in [0.4, 0.5) is 0 Å². The van der Waals surface area contributed by atoms with Gasteiger partial charge in [0, 0.05) is 23.3 Å². The van der Waals surface area contributed by atoms with E-state index in [1.807, 2.05) is 0 Å². The maximum Gasteiger partial charge on any atom is 0.239 e. The van der Waals surface area contributed by atoms with Gasteiger partial charge in [0.1, 0.15) is 5.82 Å². The molecule has 0 spiro atoms. The summed E-state index contributed by atoms with van der Waals surface area (Å²) in [5.74, 6) is 2.75. The average molecular weight is 418 g/mol. The first-order valence-electron chi connectivity index (χ1n) is 10.1. The van der Waals surface area contributed by atoms with Gasteiger partial charge in [0.05, 0.1) is 5.25 Å². The van der Waals surface area contributed by atoms with E-state index in [1.165, 1.54) is 37.0 Å². The van der Waals surface area contributed by atoms with E-state index < -0.39 is 0 Å². The van der Waals surface area contributed by atoms with Crippen molar-refractivity contribution in [3.8, 4) is 0 Å². The molecule has 0 saturated heterocycles. The van der Waals surface area contributed by atoms with E-state index in [4.69, 9.17) is 4.52 Å². The van der Waals surface area contributed by atoms with Gasteiger partial charge in [-0.2, -0.15) is 4.98 Å². The molecule has 0 aliphatic heterocycles. The van der Waals surface area contributed by atoms with Gasteiger partial charge in [0.25, 0.3) is 0 Å². The lowest BCUT2D eigenvalue weighted by molar-refractivity contribution is 0.330. The summed E-state index contributed by atoms with van der Waals surface area (Å²) in [6, 6.07) is 4.76. The average Bonchev–Trinajstić information content (AvgIpc) is 3.44. The second-order valence-corrected chi connectivity index (χ2v) is 10.1. The lowest BCUT2D eigenvalue weighted by Gasteiger charge is -2.26. The highest BCUT2D eigenvalue weighted by atomic mass is 32.2. The Labute approximate surface area is 174 Å². The Balaban J connectivity index is 1.58. The molecule has 4 rings (SSSR count). The Bertz CT molecular complexity index is 880. The highest BCUT2D eigenvalue weighted by molar-refractivity contribution is 7.99. The van der Waals surface area contributed by atoms with Gasteiger partial charge in [-0.3, -0.25) is 0 Å². The van der Waals surface area contributed by atoms with Crippen molar-refractivity contribution in [3.63, 3.8) is 0 Å². The third-order valence-electron chi connectivity index (χ3n) is 5.19. The van der Waals surface area contributed by atoms with Crippen molar-refractivity contribution in [1.29, 1.82) is 0 Å². The van der Waals surface area contributed by atoms with Crippen molar-refractivity contribution in [2.24, 2.45) is 0 Å². The SMILES string of the molecule is CC(C)c1noc(C(C)Sc2nnc(Cc3cccs3)n2C2CCCCC2)n1. The van der Waals surface area contributed by atoms with E-state index in [-0.39, 0.29) is 11.2 Å². The Morgan fingerprint density at radius 1 is 1.21 bits per heavy atom. The minimum Gasteiger partial charge on any atom is -0.338 e. The van der Waals surface area contributed by atoms with E-state index in [1.54, 1.807) is 23.1 Å². The first kappa shape index (κ1) is 19.6. The second kappa shape index (κ2) is 8.78. The predicted octanol–water partition coefficient (Wildman–Crippen LogP) is 5.80. The molecular weight excluding hydrogens is 390 g/mol. The maximum atomic E-state index is 5.50. The molecule has 1 aliphatic rings. The van der Waals surface area contributed by atoms with Crippen LogP contribution >= 0.6 is 23.1 Å². The van der Waals surface area contributed by atoms with Gasteiger partial charge in [-0.25, -0.2) is 0 Å². The maximum absolute atomic E-state index is 5.50. The summed E-state index contributed by atoms with van der Waals surface area (Å²) in [7, 11) is 0. The molecule has 1 atom stereocenters. The van der Waals surface area contributed by atoms with Crippen LogP contribution in [-0.4, -0.2) is 24.9 Å². The van der Waals surface area contributed by atoms with Crippen molar-refractivity contribution in [2.45, 2.75) is 81.7 Å². The summed E-state index contributed by atoms with van der Waals surface area (Å²) < 4.78 is 7.89. The Morgan fingerprint density at radius 2 is 2.04 bits per heavy atom. The molecular formula is C20H27N5OS2. The van der Waals surface area contributed by atoms with E-state index in [9.17, 15) is 0 Å². The third kappa shape index (κ3) is 4.33. The first-order chi connectivity index (χ1) is 13.6. The molecule has 8 heteroatoms. The summed E-state index contributed by atoms with van der Waals surface area (Å²) >= 11 is 3.45. The molecule has 0 radical (unpaired) electrons. The fraction of sp³-hybridized carbons (Fsp3) is 0.600. The highest BCUT2D eigenvalue weighted by Gasteiger charge is 2.26. The normalized spacial score (nSPS) is 16.7. The van der Waals surface area contributed by atoms with Crippen molar-refractivity contribution < 1.29 is 4.52 Å². The van der Waals surface area contributed by atoms with E-state index in [0.29, 0.717) is 11.9 Å². The van der Waals surface area contributed by atoms with Crippen molar-refractivity contribution >= 4 is 23.1 Å². The number of thiophene rings is 1. The molecule has 3 aromatic rings. The van der Waals surface area contributed by atoms with E-state index in [0.717, 1.165) is 23.2 Å². The molecule has 0 N–H and O–H groups in total. The Kier molecular flexibility index (Phi) is 6.16. The zero-order valence-electron chi connectivity index (χ0n) is 16.7. The van der Waals surface area contributed by atoms with Crippen LogP contribution in [0.3, 0.4) is 0 Å². The summed E-state index contributed by atoms with van der Waals surface area (Å²) in [6.45, 7) is 6.24. The van der Waals surface area contributed by atoms with Crippen molar-refractivity contribution in [2.75, 3.05) is 0 Å². The molecule has 6 nitrogen and oxygen atoms in total. The minimum absolute atomic E-state index is 0.0427. The lowest BCUT2D eigenvalue weighted by Crippen LogP contribution is -2.17. The van der Waals surface area contributed by atoms with Gasteiger partial charge < -0.3 is 9.09 Å². The molecule has 3 aromatic heterocycles. The smallest absolute Gasteiger partial charge is 0.239 e. The molecule has 1 fully saturated rings. The minimum atomic E-state index is 0.0427. The largest absolute Gasteiger partial charge is 0.338 e. The summed E-state index contributed by atoms with van der Waals surface area (Å²) in [6.07, 6.45) is 7.14. The van der Waals surface area contributed by atoms with Gasteiger partial charge in [-0.05, 0) is 31.2 Å². The number of rotatable bonds is 7. The molecule has 3 heterocycles. The fourth-order valence-electron chi connectivity index (χ4n) is 3.64. The number of aromatic nitrogens is 5. The standard InChI is InChI=1S/C20H27N5OS2/c1-13(2)18-21-19(26-24-18)14(3)28-20-23-22-17(12-16-10-7-11-27-16)25(20)15-8-5-4-6-9-15/h7,10-11,13-15H,4-6,8-9,12H2,1-3H3. The Morgan fingerprint density at radius 3 is 2.71 bits per heavy atom. The Hall–Kier alpha value is -1.67. The van der Waals surface area contributed by atoms with E-state index in [2.05, 4.69) is 63.2 Å². The molecule has 150 valence electrons. The molecule has 28 heavy (non-hydrogen) atoms. The van der Waals surface area contributed by atoms with E-state index >= 15 is 0 Å². The summed E-state index contributed by atoms with van der Waals surface area (Å²) in [5.41, 5.74) is 0. The third-order valence-corrected chi connectivity index (χ3v) is 7.11.